The number of aromatic nitrogens is 2. The number of halogens is 1. The van der Waals surface area contributed by atoms with Crippen molar-refractivity contribution in [1.82, 2.24) is 15.5 Å². The molecule has 24 heavy (non-hydrogen) atoms. The van der Waals surface area contributed by atoms with Crippen molar-refractivity contribution in [3.8, 4) is 16.2 Å². The van der Waals surface area contributed by atoms with Crippen LogP contribution in [0.25, 0.3) is 10.4 Å². The van der Waals surface area contributed by atoms with Crippen LogP contribution in [0, 0.1) is 0 Å². The normalized spacial score (nSPS) is 24.5. The van der Waals surface area contributed by atoms with Crippen LogP contribution in [0.4, 0.5) is 10.1 Å². The van der Waals surface area contributed by atoms with Crippen LogP contribution in [0.2, 0.25) is 0 Å². The van der Waals surface area contributed by atoms with Crippen molar-refractivity contribution < 1.29 is 13.9 Å². The molecule has 0 spiro atoms. The van der Waals surface area contributed by atoms with Crippen molar-refractivity contribution in [2.45, 2.75) is 31.0 Å². The van der Waals surface area contributed by atoms with Crippen LogP contribution >= 0.6 is 11.3 Å². The number of rotatable bonds is 2. The van der Waals surface area contributed by atoms with E-state index in [4.69, 9.17) is 4.74 Å². The highest BCUT2D eigenvalue weighted by Gasteiger charge is 2.48. The molecule has 8 heteroatoms. The average molecular weight is 348 g/mol. The third-order valence-electron chi connectivity index (χ3n) is 5.25. The first-order valence-electron chi connectivity index (χ1n) is 8.19. The number of ether oxygens (including phenoxy) is 1. The molecule has 0 saturated heterocycles. The number of nitrogens with zero attached hydrogens (tertiary/aromatic N) is 2. The molecule has 1 amide bonds. The van der Waals surface area contributed by atoms with Crippen LogP contribution in [0.5, 0.6) is 5.75 Å². The molecule has 3 aliphatic rings. The zero-order chi connectivity index (χ0) is 16.3. The summed E-state index contributed by atoms with van der Waals surface area (Å²) >= 11 is 1.39. The van der Waals surface area contributed by atoms with Gasteiger partial charge in [0.1, 0.15) is 22.8 Å². The molecule has 1 atom stereocenters. The molecule has 2 aromatic heterocycles. The minimum absolute atomic E-state index is 0.201. The number of alkyl halides is 1. The monoisotopic (exact) mass is 348 g/mol. The van der Waals surface area contributed by atoms with Crippen LogP contribution in [0.1, 0.15) is 28.9 Å². The molecule has 2 aliphatic heterocycles. The number of aromatic amines is 1. The van der Waals surface area contributed by atoms with Crippen LogP contribution in [0.15, 0.2) is 12.4 Å². The molecule has 1 aliphatic carbocycles. The number of carbonyl (C=O) groups excluding carboxylic acids is 1. The molecule has 0 aromatic carbocycles. The lowest BCUT2D eigenvalue weighted by atomic mass is 9.76. The Labute approximate surface area is 142 Å². The number of nitrogens with one attached hydrogen (secondary N) is 2. The van der Waals surface area contributed by atoms with E-state index in [0.29, 0.717) is 37.4 Å². The van der Waals surface area contributed by atoms with Gasteiger partial charge in [-0.25, -0.2) is 4.39 Å². The maximum Gasteiger partial charge on any atom is 0.264 e. The van der Waals surface area contributed by atoms with Gasteiger partial charge in [0, 0.05) is 18.3 Å². The van der Waals surface area contributed by atoms with Gasteiger partial charge in [-0.05, 0) is 19.3 Å². The van der Waals surface area contributed by atoms with Crippen LogP contribution < -0.4 is 15.0 Å². The second-order valence-corrected chi connectivity index (χ2v) is 7.65. The Kier molecular flexibility index (Phi) is 2.94. The Balaban J connectivity index is 1.59. The van der Waals surface area contributed by atoms with Crippen LogP contribution in [0.3, 0.4) is 0 Å². The molecule has 126 valence electrons. The summed E-state index contributed by atoms with van der Waals surface area (Å²) in [4.78, 5) is 16.4. The van der Waals surface area contributed by atoms with Gasteiger partial charge in [0.15, 0.2) is 5.75 Å². The quantitative estimate of drug-likeness (QED) is 0.874. The number of thiophene rings is 1. The summed E-state index contributed by atoms with van der Waals surface area (Å²) in [7, 11) is 0. The number of hydrogen-bond donors (Lipinski definition) is 2. The summed E-state index contributed by atoms with van der Waals surface area (Å²) in [5.74, 6) is 0.521. The molecule has 0 bridgehead atoms. The molecule has 1 fully saturated rings. The molecule has 0 unspecified atom stereocenters. The minimum Gasteiger partial charge on any atom is -0.488 e. The zero-order valence-corrected chi connectivity index (χ0v) is 13.8. The Morgan fingerprint density at radius 1 is 1.42 bits per heavy atom. The van der Waals surface area contributed by atoms with Crippen molar-refractivity contribution in [3.63, 3.8) is 0 Å². The Bertz CT molecular complexity index is 799. The molecule has 4 heterocycles. The second kappa shape index (κ2) is 4.95. The van der Waals surface area contributed by atoms with Crippen molar-refractivity contribution in [2.24, 2.45) is 0 Å². The van der Waals surface area contributed by atoms with Gasteiger partial charge >= 0.3 is 0 Å². The average Bonchev–Trinajstić information content (AvgIpc) is 3.16. The lowest BCUT2D eigenvalue weighted by molar-refractivity contribution is 0.0225. The molecule has 2 aromatic rings. The van der Waals surface area contributed by atoms with Gasteiger partial charge < -0.3 is 15.0 Å². The molecule has 6 nitrogen and oxygen atoms in total. The maximum atomic E-state index is 14.9. The lowest BCUT2D eigenvalue weighted by Crippen LogP contribution is -2.57. The smallest absolute Gasteiger partial charge is 0.264 e. The van der Waals surface area contributed by atoms with Crippen molar-refractivity contribution in [3.05, 3.63) is 17.3 Å². The van der Waals surface area contributed by atoms with E-state index in [0.717, 1.165) is 28.3 Å². The number of hydrogen-bond acceptors (Lipinski definition) is 5. The van der Waals surface area contributed by atoms with Crippen LogP contribution in [-0.4, -0.2) is 47.5 Å². The largest absolute Gasteiger partial charge is 0.488 e. The van der Waals surface area contributed by atoms with E-state index in [9.17, 15) is 9.18 Å². The first kappa shape index (κ1) is 14.3. The van der Waals surface area contributed by atoms with Crippen molar-refractivity contribution in [2.75, 3.05) is 24.6 Å². The SMILES string of the molecule is O=C1N[C@@H](C2(F)CCC2)CN2CCOc3c(-c4cn[nH]c4)sc1c32. The third kappa shape index (κ3) is 1.92. The van der Waals surface area contributed by atoms with E-state index in [1.54, 1.807) is 12.4 Å². The third-order valence-corrected chi connectivity index (χ3v) is 6.46. The highest BCUT2D eigenvalue weighted by molar-refractivity contribution is 7.18. The first-order chi connectivity index (χ1) is 11.7. The summed E-state index contributed by atoms with van der Waals surface area (Å²) in [5, 5.41) is 9.70. The van der Waals surface area contributed by atoms with E-state index in [-0.39, 0.29) is 5.91 Å². The molecular weight excluding hydrogens is 331 g/mol. The van der Waals surface area contributed by atoms with Crippen molar-refractivity contribution in [1.29, 1.82) is 0 Å². The summed E-state index contributed by atoms with van der Waals surface area (Å²) in [6.45, 7) is 1.70. The van der Waals surface area contributed by atoms with Gasteiger partial charge in [-0.2, -0.15) is 5.10 Å². The Hall–Kier alpha value is -2.09. The zero-order valence-electron chi connectivity index (χ0n) is 13.0. The van der Waals surface area contributed by atoms with E-state index in [1.807, 2.05) is 0 Å². The summed E-state index contributed by atoms with van der Waals surface area (Å²) in [5.41, 5.74) is 0.441. The van der Waals surface area contributed by atoms with E-state index >= 15 is 0 Å². The molecular formula is C16H17FN4O2S. The lowest BCUT2D eigenvalue weighted by Gasteiger charge is -2.42. The van der Waals surface area contributed by atoms with Gasteiger partial charge in [0.2, 0.25) is 0 Å². The number of amides is 1. The fourth-order valence-electron chi connectivity index (χ4n) is 3.75. The highest BCUT2D eigenvalue weighted by Crippen LogP contribution is 2.51. The van der Waals surface area contributed by atoms with Gasteiger partial charge in [-0.3, -0.25) is 9.89 Å². The minimum atomic E-state index is -1.27. The molecule has 2 N–H and O–H groups in total. The number of H-pyrrole nitrogens is 1. The highest BCUT2D eigenvalue weighted by atomic mass is 32.1. The Morgan fingerprint density at radius 2 is 2.29 bits per heavy atom. The summed E-state index contributed by atoms with van der Waals surface area (Å²) in [6, 6.07) is -0.457. The van der Waals surface area contributed by atoms with E-state index in [1.165, 1.54) is 11.3 Å². The van der Waals surface area contributed by atoms with E-state index < -0.39 is 11.7 Å². The Morgan fingerprint density at radius 3 is 3.00 bits per heavy atom. The predicted octanol–water partition coefficient (Wildman–Crippen LogP) is 2.34. The van der Waals surface area contributed by atoms with Crippen LogP contribution in [-0.2, 0) is 0 Å². The number of carbonyl (C=O) groups is 1. The first-order valence-corrected chi connectivity index (χ1v) is 9.01. The second-order valence-electron chi connectivity index (χ2n) is 6.63. The fourth-order valence-corrected chi connectivity index (χ4v) is 4.90. The standard InChI is InChI=1S/C16H17FN4O2S/c17-16(2-1-3-16)10-8-21-4-5-23-12-11(21)14(15(22)20-10)24-13(12)9-6-18-19-7-9/h6-7,10H,1-5,8H2,(H,18,19)(H,20,22)/t10-/m1/s1. The molecule has 0 radical (unpaired) electrons. The summed E-state index contributed by atoms with van der Waals surface area (Å²) in [6.07, 6.45) is 5.46. The van der Waals surface area contributed by atoms with Gasteiger partial charge in [-0.15, -0.1) is 11.3 Å². The number of anilines is 1. The van der Waals surface area contributed by atoms with E-state index in [2.05, 4.69) is 20.4 Å². The summed E-state index contributed by atoms with van der Waals surface area (Å²) < 4.78 is 20.8. The maximum absolute atomic E-state index is 14.9. The van der Waals surface area contributed by atoms with Gasteiger partial charge in [-0.1, -0.05) is 0 Å². The molecule has 1 saturated carbocycles. The predicted molar refractivity (Wildman–Crippen MR) is 88.6 cm³/mol. The molecule has 5 rings (SSSR count). The fraction of sp³-hybridized carbons (Fsp3) is 0.500. The topological polar surface area (TPSA) is 70.2 Å². The van der Waals surface area contributed by atoms with Gasteiger partial charge in [0.05, 0.1) is 23.7 Å². The van der Waals surface area contributed by atoms with Gasteiger partial charge in [0.25, 0.3) is 5.91 Å². The van der Waals surface area contributed by atoms with Crippen molar-refractivity contribution >= 4 is 22.9 Å².